The van der Waals surface area contributed by atoms with Crippen molar-refractivity contribution >= 4 is 16.9 Å². The lowest BCUT2D eigenvalue weighted by Gasteiger charge is -2.24. The molecular weight excluding hydrogens is 454 g/mol. The maximum absolute atomic E-state index is 13.6. The molecule has 0 saturated carbocycles. The van der Waals surface area contributed by atoms with Gasteiger partial charge < -0.3 is 19.7 Å². The molecule has 8 nitrogen and oxygen atoms in total. The van der Waals surface area contributed by atoms with Crippen LogP contribution in [-0.4, -0.2) is 54.1 Å². The van der Waals surface area contributed by atoms with Gasteiger partial charge >= 0.3 is 0 Å². The number of aliphatic hydroxyl groups excluding tert-OH is 1. The molecule has 0 spiro atoms. The number of amides is 1. The first-order chi connectivity index (χ1) is 18.5. The third-order valence-electron chi connectivity index (χ3n) is 7.01. The number of hydrogen-bond donors (Lipinski definition) is 2. The van der Waals surface area contributed by atoms with E-state index >= 15 is 0 Å². The summed E-state index contributed by atoms with van der Waals surface area (Å²) >= 11 is 0. The molecule has 6 rings (SSSR count). The van der Waals surface area contributed by atoms with Gasteiger partial charge in [0.05, 0.1) is 29.7 Å². The molecular formula is C28H25N5O3. The molecule has 2 bridgehead atoms. The number of carbonyl (C=O) groups is 1. The van der Waals surface area contributed by atoms with Gasteiger partial charge in [0, 0.05) is 52.2 Å². The number of imidazole rings is 1. The van der Waals surface area contributed by atoms with E-state index in [0.29, 0.717) is 40.0 Å². The molecule has 2 aromatic heterocycles. The quantitative estimate of drug-likeness (QED) is 0.435. The summed E-state index contributed by atoms with van der Waals surface area (Å²) in [6.07, 6.45) is 3.53. The van der Waals surface area contributed by atoms with Crippen molar-refractivity contribution < 1.29 is 19.1 Å². The first kappa shape index (κ1) is 19.2. The van der Waals surface area contributed by atoms with E-state index in [1.165, 1.54) is 6.92 Å². The highest BCUT2D eigenvalue weighted by Crippen LogP contribution is 2.48. The van der Waals surface area contributed by atoms with Crippen LogP contribution in [0.15, 0.2) is 48.8 Å². The minimum Gasteiger partial charge on any atom is -0.393 e. The Morgan fingerprint density at radius 1 is 1.19 bits per heavy atom. The molecule has 36 heavy (non-hydrogen) atoms. The highest BCUT2D eigenvalue weighted by molar-refractivity contribution is 5.98. The Labute approximate surface area is 212 Å². The van der Waals surface area contributed by atoms with Crippen molar-refractivity contribution in [3.05, 3.63) is 77.1 Å². The number of fused-ring (bicyclic) bond motifs is 9. The van der Waals surface area contributed by atoms with Crippen molar-refractivity contribution in [3.8, 4) is 23.0 Å². The smallest absolute Gasteiger partial charge is 0.254 e. The molecule has 2 N–H and O–H groups in total. The first-order valence-corrected chi connectivity index (χ1v) is 11.6. The average molecular weight is 483 g/mol. The summed E-state index contributed by atoms with van der Waals surface area (Å²) in [4.78, 5) is 27.9. The normalized spacial score (nSPS) is 21.4. The summed E-state index contributed by atoms with van der Waals surface area (Å²) < 4.78 is 26.6. The first-order valence-electron chi connectivity index (χ1n) is 13.1. The lowest BCUT2D eigenvalue weighted by Crippen LogP contribution is -2.30. The van der Waals surface area contributed by atoms with Crippen LogP contribution in [0.1, 0.15) is 69.6 Å². The van der Waals surface area contributed by atoms with Crippen molar-refractivity contribution in [2.24, 2.45) is 0 Å². The molecule has 3 atom stereocenters. The van der Waals surface area contributed by atoms with Gasteiger partial charge in [0.15, 0.2) is 5.82 Å². The molecule has 4 aromatic rings. The van der Waals surface area contributed by atoms with Gasteiger partial charge in [-0.2, -0.15) is 0 Å². The molecule has 1 unspecified atom stereocenters. The number of benzene rings is 2. The highest BCUT2D eigenvalue weighted by atomic mass is 16.3. The van der Waals surface area contributed by atoms with Gasteiger partial charge in [-0.25, -0.2) is 15.0 Å². The summed E-state index contributed by atoms with van der Waals surface area (Å²) in [5, 5.41) is 19.7. The van der Waals surface area contributed by atoms with Crippen LogP contribution >= 0.6 is 0 Å². The number of rotatable bonds is 3. The number of carbonyl (C=O) groups excluding carboxylic acids is 1. The molecule has 0 radical (unpaired) electrons. The summed E-state index contributed by atoms with van der Waals surface area (Å²) in [5.41, 5.74) is 3.12. The number of aromatic nitrogens is 4. The lowest BCUT2D eigenvalue weighted by molar-refractivity contribution is -0.00969. The van der Waals surface area contributed by atoms with Crippen molar-refractivity contribution in [1.29, 1.82) is 0 Å². The van der Waals surface area contributed by atoms with Crippen molar-refractivity contribution in [3.63, 3.8) is 0 Å². The molecule has 0 saturated heterocycles. The van der Waals surface area contributed by atoms with Gasteiger partial charge in [0.2, 0.25) is 0 Å². The Bertz CT molecular complexity index is 1700. The molecule has 0 fully saturated rings. The van der Waals surface area contributed by atoms with Crippen LogP contribution in [0.25, 0.3) is 22.2 Å². The van der Waals surface area contributed by atoms with Gasteiger partial charge in [0.25, 0.3) is 5.91 Å². The second-order valence-corrected chi connectivity index (χ2v) is 9.36. The average Bonchev–Trinajstić information content (AvgIpc) is 3.41. The minimum absolute atomic E-state index is 0.112. The maximum Gasteiger partial charge on any atom is 0.254 e. The summed E-state index contributed by atoms with van der Waals surface area (Å²) in [5.74, 6) is 6.10. The SMILES string of the molecule is [2H]C([2H])([2H])N1C(=O)c2cccc(C#CC)c2[C@H]2C[C@@H]1c1nc3ccc(-c4cnc(C(C)(O)CO)nc4)cc3n12. The van der Waals surface area contributed by atoms with E-state index in [4.69, 9.17) is 9.10 Å². The van der Waals surface area contributed by atoms with Crippen molar-refractivity contribution in [2.45, 2.75) is 38.0 Å². The largest absolute Gasteiger partial charge is 0.393 e. The van der Waals surface area contributed by atoms with Crippen molar-refractivity contribution in [2.75, 3.05) is 13.6 Å². The van der Waals surface area contributed by atoms with Crippen molar-refractivity contribution in [1.82, 2.24) is 24.4 Å². The van der Waals surface area contributed by atoms with Gasteiger partial charge in [-0.05, 0) is 43.7 Å². The summed E-state index contributed by atoms with van der Waals surface area (Å²) in [6.45, 7) is -0.00756. The second kappa shape index (κ2) is 7.98. The maximum atomic E-state index is 13.6. The minimum atomic E-state index is -2.66. The van der Waals surface area contributed by atoms with E-state index in [1.54, 1.807) is 31.5 Å². The molecule has 1 amide bonds. The van der Waals surface area contributed by atoms with E-state index < -0.39 is 31.1 Å². The fourth-order valence-corrected chi connectivity index (χ4v) is 5.20. The predicted molar refractivity (Wildman–Crippen MR) is 134 cm³/mol. The lowest BCUT2D eigenvalue weighted by atomic mass is 9.93. The predicted octanol–water partition coefficient (Wildman–Crippen LogP) is 3.18. The van der Waals surface area contributed by atoms with E-state index in [2.05, 4.69) is 21.8 Å². The van der Waals surface area contributed by atoms with Crippen LogP contribution in [0.4, 0.5) is 0 Å². The van der Waals surface area contributed by atoms with Crippen LogP contribution in [0.2, 0.25) is 0 Å². The topological polar surface area (TPSA) is 104 Å². The number of nitrogens with zero attached hydrogens (tertiary/aromatic N) is 5. The van der Waals surface area contributed by atoms with Gasteiger partial charge in [-0.1, -0.05) is 18.1 Å². The fourth-order valence-electron chi connectivity index (χ4n) is 5.20. The van der Waals surface area contributed by atoms with Crippen LogP contribution in [0.5, 0.6) is 0 Å². The van der Waals surface area contributed by atoms with Crippen LogP contribution < -0.4 is 0 Å². The zero-order chi connectivity index (χ0) is 27.7. The molecule has 2 aromatic carbocycles. The standard InChI is InChI=1S/C28H25N5O3/c1-4-6-16-7-5-8-19-24(16)22-12-23(32(3)26(19)35)25-31-20-10-9-17(11-21(20)33(22)25)18-13-29-27(30-14-18)28(2,36)15-34/h5,7-11,13-14,22-23,34,36H,12,15H2,1-3H3/t22-,23-,28?/m1/s1/i3D3. The Kier molecular flexibility index (Phi) is 4.25. The van der Waals surface area contributed by atoms with Gasteiger partial charge in [0.1, 0.15) is 11.4 Å². The van der Waals surface area contributed by atoms with Crippen LogP contribution in [0.3, 0.4) is 0 Å². The van der Waals surface area contributed by atoms with E-state index in [9.17, 15) is 15.0 Å². The Morgan fingerprint density at radius 2 is 2.00 bits per heavy atom. The Morgan fingerprint density at radius 3 is 2.72 bits per heavy atom. The second-order valence-electron chi connectivity index (χ2n) is 9.36. The van der Waals surface area contributed by atoms with E-state index in [0.717, 1.165) is 16.0 Å². The summed E-state index contributed by atoms with van der Waals surface area (Å²) in [6, 6.07) is 9.84. The zero-order valence-electron chi connectivity index (χ0n) is 22.7. The Balaban J connectivity index is 1.56. The fraction of sp³-hybridized carbons (Fsp3) is 0.286. The molecule has 4 heterocycles. The summed E-state index contributed by atoms with van der Waals surface area (Å²) in [7, 11) is 0. The molecule has 8 heteroatoms. The third kappa shape index (κ3) is 3.17. The Hall–Kier alpha value is -4.06. The van der Waals surface area contributed by atoms with E-state index in [1.807, 2.05) is 28.8 Å². The van der Waals surface area contributed by atoms with Gasteiger partial charge in [-0.15, -0.1) is 5.92 Å². The zero-order valence-corrected chi connectivity index (χ0v) is 19.7. The molecule has 2 aliphatic rings. The monoisotopic (exact) mass is 482 g/mol. The number of aliphatic hydroxyl groups is 2. The molecule has 2 aliphatic heterocycles. The van der Waals surface area contributed by atoms with Crippen LogP contribution in [0, 0.1) is 11.8 Å². The molecule has 0 aliphatic carbocycles. The number of hydrogen-bond acceptors (Lipinski definition) is 6. The molecule has 180 valence electrons. The highest BCUT2D eigenvalue weighted by Gasteiger charge is 2.44. The van der Waals surface area contributed by atoms with Crippen LogP contribution in [-0.2, 0) is 5.60 Å². The third-order valence-corrected chi connectivity index (χ3v) is 7.01. The van der Waals surface area contributed by atoms with E-state index in [-0.39, 0.29) is 11.9 Å². The van der Waals surface area contributed by atoms with Gasteiger partial charge in [-0.3, -0.25) is 4.79 Å².